The highest BCUT2D eigenvalue weighted by Crippen LogP contribution is 2.21. The molecular weight excluding hydrogens is 446 g/mol. The Kier molecular flexibility index (Phi) is 6.53. The van der Waals surface area contributed by atoms with Crippen LogP contribution in [0, 0.1) is 13.8 Å². The lowest BCUT2D eigenvalue weighted by molar-refractivity contribution is -0.113. The van der Waals surface area contributed by atoms with E-state index in [9.17, 15) is 9.59 Å². The van der Waals surface area contributed by atoms with E-state index in [1.54, 1.807) is 6.07 Å². The van der Waals surface area contributed by atoms with E-state index in [4.69, 9.17) is 11.6 Å². The van der Waals surface area contributed by atoms with Crippen LogP contribution in [0.15, 0.2) is 64.8 Å². The van der Waals surface area contributed by atoms with Crippen LogP contribution in [0.25, 0.3) is 11.2 Å². The molecule has 1 N–H and O–H groups in total. The number of carbonyl (C=O) groups is 1. The molecule has 0 atom stereocenters. The van der Waals surface area contributed by atoms with E-state index < -0.39 is 0 Å². The van der Waals surface area contributed by atoms with Crippen molar-refractivity contribution < 1.29 is 4.79 Å². The first-order valence-electron chi connectivity index (χ1n) is 9.87. The fourth-order valence-corrected chi connectivity index (χ4v) is 4.10. The van der Waals surface area contributed by atoms with Crippen LogP contribution >= 0.6 is 23.4 Å². The minimum Gasteiger partial charge on any atom is -0.325 e. The Morgan fingerprint density at radius 3 is 2.66 bits per heavy atom. The first-order valence-corrected chi connectivity index (χ1v) is 11.2. The molecule has 0 bridgehead atoms. The molecule has 0 spiro atoms. The van der Waals surface area contributed by atoms with E-state index in [2.05, 4.69) is 20.3 Å². The van der Waals surface area contributed by atoms with Crippen molar-refractivity contribution in [3.63, 3.8) is 0 Å². The SMILES string of the molecule is Cc1ccc(NC(=O)CSc2nc3nccnc3c(=O)n2Cc2ccccc2Cl)cc1C. The number of anilines is 1. The summed E-state index contributed by atoms with van der Waals surface area (Å²) >= 11 is 7.47. The van der Waals surface area contributed by atoms with Gasteiger partial charge in [-0.25, -0.2) is 15.0 Å². The lowest BCUT2D eigenvalue weighted by Crippen LogP contribution is -2.26. The van der Waals surface area contributed by atoms with Crippen molar-refractivity contribution >= 4 is 46.1 Å². The summed E-state index contributed by atoms with van der Waals surface area (Å²) in [4.78, 5) is 38.5. The quantitative estimate of drug-likeness (QED) is 0.338. The zero-order chi connectivity index (χ0) is 22.7. The third kappa shape index (κ3) is 4.81. The van der Waals surface area contributed by atoms with Crippen LogP contribution in [0.2, 0.25) is 5.02 Å². The van der Waals surface area contributed by atoms with Gasteiger partial charge in [-0.15, -0.1) is 0 Å². The molecule has 9 heteroatoms. The van der Waals surface area contributed by atoms with Gasteiger partial charge in [-0.1, -0.05) is 47.6 Å². The lowest BCUT2D eigenvalue weighted by atomic mass is 10.1. The third-order valence-corrected chi connectivity index (χ3v) is 6.31. The standard InChI is InChI=1S/C23H20ClN5O2S/c1-14-7-8-17(11-15(14)2)27-19(30)13-32-23-28-21-20(25-9-10-26-21)22(31)29(23)12-16-5-3-4-6-18(16)24/h3-11H,12-13H2,1-2H3,(H,27,30). The summed E-state index contributed by atoms with van der Waals surface area (Å²) < 4.78 is 1.48. The van der Waals surface area contributed by atoms with Gasteiger partial charge in [-0.3, -0.25) is 14.2 Å². The monoisotopic (exact) mass is 465 g/mol. The Bertz CT molecular complexity index is 1370. The van der Waals surface area contributed by atoms with E-state index in [0.717, 1.165) is 34.1 Å². The number of nitrogens with zero attached hydrogens (tertiary/aromatic N) is 4. The molecule has 0 radical (unpaired) electrons. The van der Waals surface area contributed by atoms with Gasteiger partial charge >= 0.3 is 0 Å². The molecular formula is C23H20ClN5O2S. The van der Waals surface area contributed by atoms with Crippen molar-refractivity contribution in [1.82, 2.24) is 19.5 Å². The molecule has 0 unspecified atom stereocenters. The predicted octanol–water partition coefficient (Wildman–Crippen LogP) is 4.24. The minimum absolute atomic E-state index is 0.0770. The van der Waals surface area contributed by atoms with Crippen LogP contribution in [0.1, 0.15) is 16.7 Å². The van der Waals surface area contributed by atoms with Crippen LogP contribution in [-0.4, -0.2) is 31.2 Å². The zero-order valence-corrected chi connectivity index (χ0v) is 19.1. The van der Waals surface area contributed by atoms with Crippen molar-refractivity contribution in [2.24, 2.45) is 0 Å². The van der Waals surface area contributed by atoms with Crippen LogP contribution in [-0.2, 0) is 11.3 Å². The highest BCUT2D eigenvalue weighted by atomic mass is 35.5. The van der Waals surface area contributed by atoms with Crippen molar-refractivity contribution in [1.29, 1.82) is 0 Å². The molecule has 0 aliphatic heterocycles. The van der Waals surface area contributed by atoms with Crippen molar-refractivity contribution in [3.05, 3.63) is 86.9 Å². The second-order valence-corrected chi connectivity index (χ2v) is 8.59. The summed E-state index contributed by atoms with van der Waals surface area (Å²) in [5, 5.41) is 3.80. The van der Waals surface area contributed by atoms with Crippen LogP contribution in [0.3, 0.4) is 0 Å². The molecule has 4 aromatic rings. The number of carbonyl (C=O) groups excluding carboxylic acids is 1. The Hall–Kier alpha value is -3.23. The molecule has 162 valence electrons. The van der Waals surface area contributed by atoms with Gasteiger partial charge in [-0.05, 0) is 48.7 Å². The normalized spacial score (nSPS) is 11.0. The third-order valence-electron chi connectivity index (χ3n) is 4.97. The molecule has 2 aromatic heterocycles. The van der Waals surface area contributed by atoms with E-state index in [1.807, 2.05) is 50.2 Å². The molecule has 0 saturated heterocycles. The zero-order valence-electron chi connectivity index (χ0n) is 17.5. The molecule has 4 rings (SSSR count). The van der Waals surface area contributed by atoms with E-state index in [0.29, 0.717) is 10.2 Å². The minimum atomic E-state index is -0.333. The van der Waals surface area contributed by atoms with Crippen molar-refractivity contribution in [2.45, 2.75) is 25.5 Å². The molecule has 0 aliphatic carbocycles. The smallest absolute Gasteiger partial charge is 0.282 e. The summed E-state index contributed by atoms with van der Waals surface area (Å²) in [6, 6.07) is 13.0. The molecule has 32 heavy (non-hydrogen) atoms. The van der Waals surface area contributed by atoms with E-state index in [1.165, 1.54) is 17.0 Å². The average molecular weight is 466 g/mol. The number of rotatable bonds is 6. The summed E-state index contributed by atoms with van der Waals surface area (Å²) in [5.74, 6) is -0.121. The largest absolute Gasteiger partial charge is 0.325 e. The maximum atomic E-state index is 13.1. The number of thioether (sulfide) groups is 1. The second-order valence-electron chi connectivity index (χ2n) is 7.24. The number of nitrogens with one attached hydrogen (secondary N) is 1. The predicted molar refractivity (Wildman–Crippen MR) is 127 cm³/mol. The maximum absolute atomic E-state index is 13.1. The van der Waals surface area contributed by atoms with Gasteiger partial charge in [0.05, 0.1) is 12.3 Å². The fraction of sp³-hybridized carbons (Fsp3) is 0.174. The van der Waals surface area contributed by atoms with Gasteiger partial charge in [0.2, 0.25) is 5.91 Å². The summed E-state index contributed by atoms with van der Waals surface area (Å²) in [6.07, 6.45) is 2.93. The number of hydrogen-bond acceptors (Lipinski definition) is 6. The Morgan fingerprint density at radius 1 is 1.09 bits per heavy atom. The summed E-state index contributed by atoms with van der Waals surface area (Å²) in [5.41, 5.74) is 3.82. The Balaban J connectivity index is 1.62. The highest BCUT2D eigenvalue weighted by Gasteiger charge is 2.16. The molecule has 7 nitrogen and oxygen atoms in total. The molecule has 1 amide bonds. The molecule has 0 saturated carbocycles. The number of hydrogen-bond donors (Lipinski definition) is 1. The van der Waals surface area contributed by atoms with Gasteiger partial charge < -0.3 is 5.32 Å². The fourth-order valence-electron chi connectivity index (χ4n) is 3.12. The maximum Gasteiger partial charge on any atom is 0.282 e. The number of halogens is 1. The van der Waals surface area contributed by atoms with Crippen LogP contribution < -0.4 is 10.9 Å². The van der Waals surface area contributed by atoms with Gasteiger partial charge in [0.25, 0.3) is 5.56 Å². The van der Waals surface area contributed by atoms with Crippen molar-refractivity contribution in [2.75, 3.05) is 11.1 Å². The topological polar surface area (TPSA) is 89.8 Å². The molecule has 2 heterocycles. The summed E-state index contributed by atoms with van der Waals surface area (Å²) in [7, 11) is 0. The Morgan fingerprint density at radius 2 is 1.88 bits per heavy atom. The number of benzene rings is 2. The van der Waals surface area contributed by atoms with Gasteiger partial charge in [0.15, 0.2) is 16.3 Å². The van der Waals surface area contributed by atoms with Crippen LogP contribution in [0.5, 0.6) is 0 Å². The average Bonchev–Trinajstić information content (AvgIpc) is 2.78. The molecule has 0 fully saturated rings. The van der Waals surface area contributed by atoms with Crippen molar-refractivity contribution in [3.8, 4) is 0 Å². The van der Waals surface area contributed by atoms with Gasteiger partial charge in [0.1, 0.15) is 0 Å². The van der Waals surface area contributed by atoms with E-state index >= 15 is 0 Å². The second kappa shape index (κ2) is 9.50. The number of fused-ring (bicyclic) bond motifs is 1. The molecule has 0 aliphatic rings. The van der Waals surface area contributed by atoms with Crippen LogP contribution in [0.4, 0.5) is 5.69 Å². The van der Waals surface area contributed by atoms with Gasteiger partial charge in [0, 0.05) is 23.1 Å². The number of aryl methyl sites for hydroxylation is 2. The highest BCUT2D eigenvalue weighted by molar-refractivity contribution is 7.99. The van der Waals surface area contributed by atoms with E-state index in [-0.39, 0.29) is 34.9 Å². The van der Waals surface area contributed by atoms with Gasteiger partial charge in [-0.2, -0.15) is 0 Å². The molecule has 2 aromatic carbocycles. The first kappa shape index (κ1) is 22.0. The number of aromatic nitrogens is 4. The first-order chi connectivity index (χ1) is 15.4. The Labute approximate surface area is 193 Å². The lowest BCUT2D eigenvalue weighted by Gasteiger charge is -2.13. The number of amides is 1. The summed E-state index contributed by atoms with van der Waals surface area (Å²) in [6.45, 7) is 4.22.